The van der Waals surface area contributed by atoms with Gasteiger partial charge in [-0.2, -0.15) is 0 Å². The Morgan fingerprint density at radius 3 is 2.00 bits per heavy atom. The molecule has 0 radical (unpaired) electrons. The summed E-state index contributed by atoms with van der Waals surface area (Å²) in [5, 5.41) is 0. The van der Waals surface area contributed by atoms with Crippen molar-refractivity contribution in [2.45, 2.75) is 0 Å². The maximum absolute atomic E-state index is 8.14. The number of hydrogen-bond acceptors (Lipinski definition) is 2. The van der Waals surface area contributed by atoms with Crippen molar-refractivity contribution in [1.82, 2.24) is 0 Å². The van der Waals surface area contributed by atoms with Crippen LogP contribution < -0.4 is 5.82 Å². The van der Waals surface area contributed by atoms with E-state index in [2.05, 4.69) is 8.83 Å². The number of hydrogen-bond donors (Lipinski definition) is 0. The van der Waals surface area contributed by atoms with Gasteiger partial charge >= 0.3 is 5.82 Å². The van der Waals surface area contributed by atoms with Crippen molar-refractivity contribution in [1.29, 1.82) is 0 Å². The molecule has 3 nitrogen and oxygen atoms in total. The van der Waals surface area contributed by atoms with Gasteiger partial charge in [-0.05, 0) is 0 Å². The smallest absolute Gasteiger partial charge is 0.336 e. The topological polar surface area (TPSA) is 47.7 Å². The highest BCUT2D eigenvalue weighted by molar-refractivity contribution is 4.46. The van der Waals surface area contributed by atoms with E-state index in [-0.39, 0.29) is 0 Å². The first kappa shape index (κ1) is 3.21. The van der Waals surface area contributed by atoms with Crippen LogP contribution in [0.3, 0.4) is 0 Å². The maximum Gasteiger partial charge on any atom is 0.723 e. The monoisotopic (exact) mass is 87.0 g/mol. The Bertz CT molecular complexity index is 144. The highest BCUT2D eigenvalue weighted by Gasteiger charge is 1.90. The summed E-state index contributed by atoms with van der Waals surface area (Å²) in [6, 6.07) is 0. The summed E-state index contributed by atoms with van der Waals surface area (Å²) in [4.78, 5) is 8.14. The van der Waals surface area contributed by atoms with Gasteiger partial charge in [0.1, 0.15) is 0 Å². The second-order valence-electron chi connectivity index (χ2n) is 0.774. The molecule has 1 N–H and O–H groups in total. The SMILES string of the molecule is [OH+]=c1occo1. The minimum Gasteiger partial charge on any atom is -0.336 e. The average Bonchev–Trinajstić information content (AvgIpc) is 1.86. The lowest BCUT2D eigenvalue weighted by atomic mass is 11.1. The van der Waals surface area contributed by atoms with E-state index in [4.69, 9.17) is 4.79 Å². The fourth-order valence-corrected chi connectivity index (χ4v) is 0.200. The van der Waals surface area contributed by atoms with Crippen molar-refractivity contribution in [2.75, 3.05) is 0 Å². The summed E-state index contributed by atoms with van der Waals surface area (Å²) in [5.74, 6) is -0.407. The van der Waals surface area contributed by atoms with Crippen LogP contribution >= 0.6 is 0 Å². The molecule has 6 heavy (non-hydrogen) atoms. The van der Waals surface area contributed by atoms with Gasteiger partial charge in [0.05, 0.1) is 0 Å². The van der Waals surface area contributed by atoms with Gasteiger partial charge in [0.2, 0.25) is 12.5 Å². The molecule has 0 saturated heterocycles. The van der Waals surface area contributed by atoms with Crippen molar-refractivity contribution in [3.8, 4) is 0 Å². The molecule has 32 valence electrons. The van der Waals surface area contributed by atoms with Gasteiger partial charge in [0.15, 0.2) is 0 Å². The molecule has 0 spiro atoms. The zero-order valence-corrected chi connectivity index (χ0v) is 2.92. The lowest BCUT2D eigenvalue weighted by Crippen LogP contribution is -1.87. The van der Waals surface area contributed by atoms with Gasteiger partial charge in [-0.3, -0.25) is 8.83 Å². The zero-order valence-electron chi connectivity index (χ0n) is 2.92. The van der Waals surface area contributed by atoms with Crippen LogP contribution in [0.1, 0.15) is 0 Å². The van der Waals surface area contributed by atoms with Crippen LogP contribution in [0.25, 0.3) is 0 Å². The van der Waals surface area contributed by atoms with E-state index in [9.17, 15) is 0 Å². The summed E-state index contributed by atoms with van der Waals surface area (Å²) in [5.41, 5.74) is 0. The summed E-state index contributed by atoms with van der Waals surface area (Å²) in [6.45, 7) is 0. The Labute approximate surface area is 33.2 Å². The Morgan fingerprint density at radius 2 is 1.83 bits per heavy atom. The van der Waals surface area contributed by atoms with Crippen molar-refractivity contribution in [3.05, 3.63) is 18.3 Å². The first-order valence-corrected chi connectivity index (χ1v) is 1.44. The standard InChI is InChI=1S/C3H2O3/c4-3-5-1-2-6-3/h1-2H/p+1. The van der Waals surface area contributed by atoms with Gasteiger partial charge in [-0.15, -0.1) is 0 Å². The molecule has 3 heteroatoms. The van der Waals surface area contributed by atoms with Gasteiger partial charge < -0.3 is 4.79 Å². The molecule has 1 heterocycles. The molecule has 0 bridgehead atoms. The van der Waals surface area contributed by atoms with Crippen LogP contribution in [0.4, 0.5) is 0 Å². The van der Waals surface area contributed by atoms with Crippen molar-refractivity contribution >= 4 is 0 Å². The molecule has 1 rings (SSSR count). The Hall–Kier alpha value is -0.990. The summed E-state index contributed by atoms with van der Waals surface area (Å²) in [6.07, 6.45) is 2.49. The highest BCUT2D eigenvalue weighted by Crippen LogP contribution is 1.69. The lowest BCUT2D eigenvalue weighted by molar-refractivity contribution is 0.250. The zero-order chi connectivity index (χ0) is 4.41. The molecular weight excluding hydrogens is 84.0 g/mol. The average molecular weight is 87.1 g/mol. The van der Waals surface area contributed by atoms with Crippen LogP contribution in [0, 0.1) is 0 Å². The van der Waals surface area contributed by atoms with Gasteiger partial charge in [-0.25, -0.2) is 0 Å². The van der Waals surface area contributed by atoms with E-state index in [1.807, 2.05) is 0 Å². The quantitative estimate of drug-likeness (QED) is 0.414. The van der Waals surface area contributed by atoms with E-state index in [1.54, 1.807) is 0 Å². The second kappa shape index (κ2) is 1.01. The first-order chi connectivity index (χ1) is 2.89. The van der Waals surface area contributed by atoms with E-state index >= 15 is 0 Å². The Morgan fingerprint density at radius 1 is 1.33 bits per heavy atom. The molecule has 1 aromatic rings. The number of rotatable bonds is 0. The molecule has 0 saturated carbocycles. The van der Waals surface area contributed by atoms with E-state index in [0.29, 0.717) is 0 Å². The third kappa shape index (κ3) is 0.337. The van der Waals surface area contributed by atoms with Crippen LogP contribution in [0.2, 0.25) is 0 Å². The predicted molar refractivity (Wildman–Crippen MR) is 16.0 cm³/mol. The largest absolute Gasteiger partial charge is 0.723 e. The molecule has 0 fully saturated rings. The minimum absolute atomic E-state index is 0.407. The van der Waals surface area contributed by atoms with Gasteiger partial charge in [-0.1, -0.05) is 0 Å². The van der Waals surface area contributed by atoms with Crippen molar-refractivity contribution in [2.24, 2.45) is 0 Å². The second-order valence-corrected chi connectivity index (χ2v) is 0.774. The third-order valence-electron chi connectivity index (χ3n) is 0.393. The van der Waals surface area contributed by atoms with Crippen LogP contribution in [-0.2, 0) is 0 Å². The fraction of sp³-hybridized carbons (Fsp3) is 0. The highest BCUT2D eigenvalue weighted by atomic mass is 16.5. The van der Waals surface area contributed by atoms with Crippen LogP contribution in [-0.4, -0.2) is 4.79 Å². The third-order valence-corrected chi connectivity index (χ3v) is 0.393. The van der Waals surface area contributed by atoms with E-state index < -0.39 is 5.82 Å². The molecule has 1 aromatic heterocycles. The maximum atomic E-state index is 8.14. The predicted octanol–water partition coefficient (Wildman–Crippen LogP) is -0.123. The minimum atomic E-state index is -0.407. The molecular formula is C3H3O3+. The normalized spacial score (nSPS) is 8.67. The molecule has 0 aliphatic rings. The first-order valence-electron chi connectivity index (χ1n) is 1.44. The molecule has 0 unspecified atom stereocenters. The van der Waals surface area contributed by atoms with Crippen molar-refractivity contribution in [3.63, 3.8) is 0 Å². The van der Waals surface area contributed by atoms with Crippen molar-refractivity contribution < 1.29 is 13.6 Å². The van der Waals surface area contributed by atoms with E-state index in [1.165, 1.54) is 12.5 Å². The van der Waals surface area contributed by atoms with Gasteiger partial charge in [0.25, 0.3) is 0 Å². The fourth-order valence-electron chi connectivity index (χ4n) is 0.200. The van der Waals surface area contributed by atoms with Crippen LogP contribution in [0.15, 0.2) is 21.4 Å². The summed E-state index contributed by atoms with van der Waals surface area (Å²) < 4.78 is 8.44. The van der Waals surface area contributed by atoms with Crippen LogP contribution in [0.5, 0.6) is 0 Å². The Kier molecular flexibility index (Phi) is 0.538. The summed E-state index contributed by atoms with van der Waals surface area (Å²) >= 11 is 0. The van der Waals surface area contributed by atoms with Gasteiger partial charge in [0, 0.05) is 0 Å². The Balaban J connectivity index is 3.41. The molecule has 0 amide bonds. The molecule has 0 aliphatic heterocycles. The summed E-state index contributed by atoms with van der Waals surface area (Å²) in [7, 11) is 0. The molecule has 0 aliphatic carbocycles. The van der Waals surface area contributed by atoms with E-state index in [0.717, 1.165) is 0 Å². The molecule has 0 atom stereocenters. The molecule has 0 aromatic carbocycles. The lowest BCUT2D eigenvalue weighted by Gasteiger charge is -1.38.